The molecule has 0 bridgehead atoms. The first-order valence-corrected chi connectivity index (χ1v) is 3.68. The third-order valence-corrected chi connectivity index (χ3v) is 1.65. The first-order chi connectivity index (χ1) is 4.33. The Morgan fingerprint density at radius 3 is 2.60 bits per heavy atom. The second-order valence-corrected chi connectivity index (χ2v) is 2.26. The summed E-state index contributed by atoms with van der Waals surface area (Å²) in [6.45, 7) is 0. The number of nitrogens with one attached hydrogen (secondary N) is 1. The van der Waals surface area contributed by atoms with Gasteiger partial charge in [0, 0.05) is 17.6 Å². The number of aromatic nitrogens is 1. The average molecular weight is 269 g/mol. The molecular weight excluding hydrogens is 262 g/mol. The molecule has 0 aliphatic rings. The lowest BCUT2D eigenvalue weighted by atomic mass is 10.3. The highest BCUT2D eigenvalue weighted by atomic mass is 79.9. The van der Waals surface area contributed by atoms with Crippen LogP contribution in [0.4, 0.5) is 0 Å². The van der Waals surface area contributed by atoms with Crippen LogP contribution in [0.5, 0.6) is 0 Å². The van der Waals surface area contributed by atoms with Gasteiger partial charge in [-0.15, -0.1) is 17.0 Å². The van der Waals surface area contributed by atoms with Gasteiger partial charge in [-0.1, -0.05) is 22.0 Å². The molecule has 1 aromatic heterocycles. The lowest BCUT2D eigenvalue weighted by Gasteiger charge is -1.88. The van der Waals surface area contributed by atoms with E-state index in [1.165, 1.54) is 6.07 Å². The minimum absolute atomic E-state index is 0. The summed E-state index contributed by atoms with van der Waals surface area (Å²) < 4.78 is 0. The number of aromatic amines is 1. The number of rotatable bonds is 1. The molecule has 0 saturated carbocycles. The van der Waals surface area contributed by atoms with Crippen LogP contribution < -0.4 is 5.56 Å². The van der Waals surface area contributed by atoms with Crippen molar-refractivity contribution in [1.82, 2.24) is 4.98 Å². The molecule has 10 heavy (non-hydrogen) atoms. The van der Waals surface area contributed by atoms with E-state index in [-0.39, 0.29) is 22.5 Å². The van der Waals surface area contributed by atoms with E-state index >= 15 is 0 Å². The molecule has 4 heteroatoms. The third kappa shape index (κ3) is 2.66. The molecule has 2 nitrogen and oxygen atoms in total. The second kappa shape index (κ2) is 4.68. The van der Waals surface area contributed by atoms with Crippen LogP contribution >= 0.6 is 32.9 Å². The Labute approximate surface area is 77.6 Å². The quantitative estimate of drug-likeness (QED) is 0.775. The Balaban J connectivity index is 0.000000810. The molecule has 0 atom stereocenters. The summed E-state index contributed by atoms with van der Waals surface area (Å²) in [4.78, 5) is 13.0. The molecule has 0 fully saturated rings. The highest BCUT2D eigenvalue weighted by Crippen LogP contribution is 1.98. The molecule has 0 aliphatic heterocycles. The number of alkyl halides is 1. The van der Waals surface area contributed by atoms with Crippen LogP contribution in [0.3, 0.4) is 0 Å². The average Bonchev–Trinajstić information content (AvgIpc) is 1.90. The maximum absolute atomic E-state index is 10.5. The van der Waals surface area contributed by atoms with E-state index in [0.29, 0.717) is 0 Å². The van der Waals surface area contributed by atoms with Gasteiger partial charge in [-0.05, 0) is 5.56 Å². The monoisotopic (exact) mass is 267 g/mol. The molecule has 0 aliphatic carbocycles. The highest BCUT2D eigenvalue weighted by molar-refractivity contribution is 9.08. The molecule has 0 aromatic carbocycles. The van der Waals surface area contributed by atoms with Gasteiger partial charge in [-0.25, -0.2) is 0 Å². The maximum Gasteiger partial charge on any atom is 0.247 e. The SMILES string of the molecule is Br.O=c1ccc(CBr)c[nH]1. The largest absolute Gasteiger partial charge is 0.329 e. The maximum atomic E-state index is 10.5. The van der Waals surface area contributed by atoms with Gasteiger partial charge >= 0.3 is 0 Å². The molecule has 1 N–H and O–H groups in total. The Morgan fingerprint density at radius 1 is 1.50 bits per heavy atom. The summed E-state index contributed by atoms with van der Waals surface area (Å²) in [5, 5.41) is 0.782. The van der Waals surface area contributed by atoms with E-state index in [0.717, 1.165) is 10.9 Å². The predicted molar refractivity (Wildman–Crippen MR) is 50.0 cm³/mol. The van der Waals surface area contributed by atoms with Crippen molar-refractivity contribution >= 4 is 32.9 Å². The van der Waals surface area contributed by atoms with E-state index in [2.05, 4.69) is 20.9 Å². The zero-order chi connectivity index (χ0) is 6.69. The van der Waals surface area contributed by atoms with Crippen LogP contribution in [-0.2, 0) is 5.33 Å². The molecule has 0 spiro atoms. The molecule has 1 aromatic rings. The number of pyridine rings is 1. The molecule has 0 unspecified atom stereocenters. The van der Waals surface area contributed by atoms with Gasteiger partial charge in [0.15, 0.2) is 0 Å². The zero-order valence-corrected chi connectivity index (χ0v) is 8.43. The van der Waals surface area contributed by atoms with Gasteiger partial charge in [-0.2, -0.15) is 0 Å². The molecule has 0 amide bonds. The Hall–Kier alpha value is -0.0900. The Morgan fingerprint density at radius 2 is 2.20 bits per heavy atom. The summed E-state index contributed by atoms with van der Waals surface area (Å²) in [5.74, 6) is 0. The number of halogens is 2. The van der Waals surface area contributed by atoms with Crippen molar-refractivity contribution in [1.29, 1.82) is 0 Å². The first kappa shape index (κ1) is 9.91. The lowest BCUT2D eigenvalue weighted by molar-refractivity contribution is 1.19. The van der Waals surface area contributed by atoms with E-state index < -0.39 is 0 Å². The van der Waals surface area contributed by atoms with E-state index in [4.69, 9.17) is 0 Å². The van der Waals surface area contributed by atoms with E-state index in [9.17, 15) is 4.79 Å². The van der Waals surface area contributed by atoms with Gasteiger partial charge in [0.1, 0.15) is 0 Å². The van der Waals surface area contributed by atoms with Crippen LogP contribution in [-0.4, -0.2) is 4.98 Å². The van der Waals surface area contributed by atoms with Gasteiger partial charge in [-0.3, -0.25) is 4.79 Å². The van der Waals surface area contributed by atoms with Gasteiger partial charge in [0.2, 0.25) is 5.56 Å². The molecule has 0 radical (unpaired) electrons. The van der Waals surface area contributed by atoms with Gasteiger partial charge in [0.05, 0.1) is 0 Å². The summed E-state index contributed by atoms with van der Waals surface area (Å²) in [7, 11) is 0. The highest BCUT2D eigenvalue weighted by Gasteiger charge is 1.85. The fourth-order valence-corrected chi connectivity index (χ4v) is 0.875. The number of hydrogen-bond acceptors (Lipinski definition) is 1. The minimum atomic E-state index is -0.0558. The fourth-order valence-electron chi connectivity index (χ4n) is 0.526. The summed E-state index contributed by atoms with van der Waals surface area (Å²) in [6.07, 6.45) is 1.69. The molecule has 0 saturated heterocycles. The fraction of sp³-hybridized carbons (Fsp3) is 0.167. The minimum Gasteiger partial charge on any atom is -0.329 e. The van der Waals surface area contributed by atoms with Crippen molar-refractivity contribution in [2.45, 2.75) is 5.33 Å². The predicted octanol–water partition coefficient (Wildman–Crippen LogP) is 1.85. The molecule has 1 rings (SSSR count). The zero-order valence-electron chi connectivity index (χ0n) is 5.13. The van der Waals surface area contributed by atoms with Crippen molar-refractivity contribution in [3.63, 3.8) is 0 Å². The second-order valence-electron chi connectivity index (χ2n) is 1.69. The normalized spacial score (nSPS) is 8.50. The Kier molecular flexibility index (Phi) is 4.64. The smallest absolute Gasteiger partial charge is 0.247 e. The summed E-state index contributed by atoms with van der Waals surface area (Å²) in [6, 6.07) is 3.30. The van der Waals surface area contributed by atoms with Crippen molar-refractivity contribution in [2.24, 2.45) is 0 Å². The van der Waals surface area contributed by atoms with Crippen molar-refractivity contribution < 1.29 is 0 Å². The standard InChI is InChI=1S/C6H6BrNO.BrH/c7-3-5-1-2-6(9)8-4-5;/h1-2,4H,3H2,(H,8,9);1H. The third-order valence-electron chi connectivity index (χ3n) is 1.00. The topological polar surface area (TPSA) is 32.9 Å². The molecule has 1 heterocycles. The molecule has 56 valence electrons. The lowest BCUT2D eigenvalue weighted by Crippen LogP contribution is -2.01. The van der Waals surface area contributed by atoms with Crippen molar-refractivity contribution in [2.75, 3.05) is 0 Å². The van der Waals surface area contributed by atoms with E-state index in [1.54, 1.807) is 12.3 Å². The molecular formula is C6H7Br2NO. The summed E-state index contributed by atoms with van der Waals surface area (Å²) >= 11 is 3.26. The van der Waals surface area contributed by atoms with Crippen LogP contribution in [0.1, 0.15) is 5.56 Å². The number of H-pyrrole nitrogens is 1. The van der Waals surface area contributed by atoms with E-state index in [1.807, 2.05) is 0 Å². The van der Waals surface area contributed by atoms with Crippen LogP contribution in [0, 0.1) is 0 Å². The summed E-state index contributed by atoms with van der Waals surface area (Å²) in [5.41, 5.74) is 1.02. The van der Waals surface area contributed by atoms with Crippen LogP contribution in [0.25, 0.3) is 0 Å². The van der Waals surface area contributed by atoms with Crippen molar-refractivity contribution in [3.05, 3.63) is 34.2 Å². The first-order valence-electron chi connectivity index (χ1n) is 2.56. The Bertz CT molecular complexity index is 225. The van der Waals surface area contributed by atoms with Crippen LogP contribution in [0.2, 0.25) is 0 Å². The van der Waals surface area contributed by atoms with Gasteiger partial charge in [0.25, 0.3) is 0 Å². The number of hydrogen-bond donors (Lipinski definition) is 1. The van der Waals surface area contributed by atoms with Crippen LogP contribution in [0.15, 0.2) is 23.1 Å². The van der Waals surface area contributed by atoms with Gasteiger partial charge < -0.3 is 4.98 Å². The van der Waals surface area contributed by atoms with Crippen molar-refractivity contribution in [3.8, 4) is 0 Å².